The molecule has 31 heavy (non-hydrogen) atoms. The highest BCUT2D eigenvalue weighted by Gasteiger charge is 2.25. The Morgan fingerprint density at radius 2 is 1.68 bits per heavy atom. The minimum Gasteiger partial charge on any atom is -0.354 e. The van der Waals surface area contributed by atoms with Crippen molar-refractivity contribution in [2.45, 2.75) is 58.0 Å². The number of nitrogens with zero attached hydrogens (tertiary/aromatic N) is 1. The summed E-state index contributed by atoms with van der Waals surface area (Å²) in [5.74, 6) is 1.09. The molecule has 1 unspecified atom stereocenters. The second-order valence-corrected chi connectivity index (χ2v) is 9.83. The molecule has 6 heteroatoms. The van der Waals surface area contributed by atoms with Crippen molar-refractivity contribution in [1.82, 2.24) is 10.2 Å². The molecule has 2 aromatic carbocycles. The van der Waals surface area contributed by atoms with Crippen molar-refractivity contribution in [3.63, 3.8) is 0 Å². The zero-order valence-corrected chi connectivity index (χ0v) is 20.4. The highest BCUT2D eigenvalue weighted by atomic mass is 35.5. The molecule has 0 aliphatic carbocycles. The Bertz CT molecular complexity index is 838. The number of rotatable bonds is 11. The van der Waals surface area contributed by atoms with E-state index in [1.54, 1.807) is 16.7 Å². The maximum absolute atomic E-state index is 13.1. The van der Waals surface area contributed by atoms with Gasteiger partial charge in [0.25, 0.3) is 0 Å². The van der Waals surface area contributed by atoms with Gasteiger partial charge in [-0.25, -0.2) is 0 Å². The summed E-state index contributed by atoms with van der Waals surface area (Å²) in [4.78, 5) is 28.6. The summed E-state index contributed by atoms with van der Waals surface area (Å²) in [5, 5.41) is 3.68. The van der Waals surface area contributed by atoms with E-state index in [2.05, 4.69) is 19.2 Å². The number of halogens is 1. The molecule has 0 aromatic heterocycles. The predicted octanol–water partition coefficient (Wildman–Crippen LogP) is 5.71. The fraction of sp³-hybridized carbons (Fsp3) is 0.440. The molecule has 0 saturated carbocycles. The van der Waals surface area contributed by atoms with Crippen LogP contribution < -0.4 is 5.32 Å². The number of carbonyl (C=O) groups is 2. The van der Waals surface area contributed by atoms with Gasteiger partial charge in [0.1, 0.15) is 6.04 Å². The molecule has 0 aliphatic heterocycles. The van der Waals surface area contributed by atoms with Crippen molar-refractivity contribution < 1.29 is 9.59 Å². The lowest BCUT2D eigenvalue weighted by Crippen LogP contribution is -2.48. The average Bonchev–Trinajstić information content (AvgIpc) is 2.75. The van der Waals surface area contributed by atoms with E-state index in [4.69, 9.17) is 11.6 Å². The largest absolute Gasteiger partial charge is 0.354 e. The Kier molecular flexibility index (Phi) is 10.4. The lowest BCUT2D eigenvalue weighted by molar-refractivity contribution is -0.140. The second kappa shape index (κ2) is 12.8. The van der Waals surface area contributed by atoms with Gasteiger partial charge in [0.05, 0.1) is 0 Å². The van der Waals surface area contributed by atoms with Crippen molar-refractivity contribution in [3.05, 3.63) is 64.7 Å². The lowest BCUT2D eigenvalue weighted by atomic mass is 10.1. The fourth-order valence-corrected chi connectivity index (χ4v) is 3.99. The molecule has 4 nitrogen and oxygen atoms in total. The first-order chi connectivity index (χ1) is 14.8. The van der Waals surface area contributed by atoms with Crippen LogP contribution in [0.3, 0.4) is 0 Å². The van der Waals surface area contributed by atoms with Crippen LogP contribution in [0.1, 0.15) is 44.7 Å². The Labute approximate surface area is 195 Å². The van der Waals surface area contributed by atoms with Crippen LogP contribution in [0.5, 0.6) is 0 Å². The maximum atomic E-state index is 13.1. The lowest BCUT2D eigenvalue weighted by Gasteiger charge is -2.29. The van der Waals surface area contributed by atoms with Gasteiger partial charge in [0.15, 0.2) is 0 Å². The minimum atomic E-state index is -0.517. The van der Waals surface area contributed by atoms with Gasteiger partial charge in [-0.1, -0.05) is 55.3 Å². The van der Waals surface area contributed by atoms with Crippen LogP contribution in [0, 0.1) is 12.8 Å². The third-order valence-electron chi connectivity index (χ3n) is 4.94. The third kappa shape index (κ3) is 8.96. The molecule has 0 saturated heterocycles. The fourth-order valence-electron chi connectivity index (χ4n) is 3.01. The van der Waals surface area contributed by atoms with Crippen LogP contribution in [0.4, 0.5) is 0 Å². The normalized spacial score (nSPS) is 11.9. The predicted molar refractivity (Wildman–Crippen MR) is 130 cm³/mol. The summed E-state index contributed by atoms with van der Waals surface area (Å²) < 4.78 is 0. The SMILES string of the molecule is Cc1ccc(CN(C(=O)CCCSc2ccc(Cl)cc2)C(C)C(=O)NCC(C)C)cc1. The van der Waals surface area contributed by atoms with Crippen molar-refractivity contribution in [2.75, 3.05) is 12.3 Å². The number of aryl methyl sites for hydroxylation is 1. The number of nitrogens with one attached hydrogen (secondary N) is 1. The summed E-state index contributed by atoms with van der Waals surface area (Å²) in [7, 11) is 0. The van der Waals surface area contributed by atoms with Gasteiger partial charge in [-0.15, -0.1) is 11.8 Å². The molecule has 1 N–H and O–H groups in total. The van der Waals surface area contributed by atoms with E-state index in [0.29, 0.717) is 25.4 Å². The summed E-state index contributed by atoms with van der Waals surface area (Å²) in [5.41, 5.74) is 2.20. The van der Waals surface area contributed by atoms with Gasteiger partial charge >= 0.3 is 0 Å². The van der Waals surface area contributed by atoms with Crippen LogP contribution in [0.2, 0.25) is 5.02 Å². The highest BCUT2D eigenvalue weighted by Crippen LogP contribution is 2.22. The molecule has 168 valence electrons. The average molecular weight is 461 g/mol. The van der Waals surface area contributed by atoms with Crippen LogP contribution in [-0.4, -0.2) is 35.1 Å². The second-order valence-electron chi connectivity index (χ2n) is 8.23. The van der Waals surface area contributed by atoms with Crippen molar-refractivity contribution in [3.8, 4) is 0 Å². The quantitative estimate of drug-likeness (QED) is 0.345. The summed E-state index contributed by atoms with van der Waals surface area (Å²) >= 11 is 7.63. The van der Waals surface area contributed by atoms with Gasteiger partial charge in [-0.3, -0.25) is 9.59 Å². The maximum Gasteiger partial charge on any atom is 0.242 e. The Hall–Kier alpha value is -1.98. The summed E-state index contributed by atoms with van der Waals surface area (Å²) in [6, 6.07) is 15.3. The molecule has 0 heterocycles. The van der Waals surface area contributed by atoms with Gasteiger partial charge in [-0.2, -0.15) is 0 Å². The Morgan fingerprint density at radius 1 is 1.03 bits per heavy atom. The first-order valence-corrected chi connectivity index (χ1v) is 12.1. The van der Waals surface area contributed by atoms with Crippen LogP contribution in [0.15, 0.2) is 53.4 Å². The minimum absolute atomic E-state index is 0.00415. The first-order valence-electron chi connectivity index (χ1n) is 10.8. The smallest absolute Gasteiger partial charge is 0.242 e. The molecule has 0 aliphatic rings. The molecule has 1 atom stereocenters. The molecule has 2 rings (SSSR count). The number of hydrogen-bond acceptors (Lipinski definition) is 3. The van der Waals surface area contributed by atoms with Crippen LogP contribution in [0.25, 0.3) is 0 Å². The van der Waals surface area contributed by atoms with Crippen LogP contribution >= 0.6 is 23.4 Å². The van der Waals surface area contributed by atoms with Gasteiger partial charge < -0.3 is 10.2 Å². The number of amides is 2. The number of carbonyl (C=O) groups excluding carboxylic acids is 2. The number of hydrogen-bond donors (Lipinski definition) is 1. The monoisotopic (exact) mass is 460 g/mol. The third-order valence-corrected chi connectivity index (χ3v) is 6.29. The van der Waals surface area contributed by atoms with Crippen molar-refractivity contribution >= 4 is 35.2 Å². The summed E-state index contributed by atoms with van der Waals surface area (Å²) in [6.45, 7) is 8.99. The molecular formula is C25H33ClN2O2S. The van der Waals surface area contributed by atoms with E-state index in [0.717, 1.165) is 27.7 Å². The molecule has 2 aromatic rings. The van der Waals surface area contributed by atoms with E-state index in [1.165, 1.54) is 5.56 Å². The summed E-state index contributed by atoms with van der Waals surface area (Å²) in [6.07, 6.45) is 1.16. The number of thioether (sulfide) groups is 1. The van der Waals surface area contributed by atoms with Gasteiger partial charge in [0.2, 0.25) is 11.8 Å². The van der Waals surface area contributed by atoms with Gasteiger partial charge in [0, 0.05) is 29.4 Å². The molecule has 0 spiro atoms. The highest BCUT2D eigenvalue weighted by molar-refractivity contribution is 7.99. The van der Waals surface area contributed by atoms with E-state index in [-0.39, 0.29) is 11.8 Å². The zero-order valence-electron chi connectivity index (χ0n) is 18.9. The van der Waals surface area contributed by atoms with Crippen LogP contribution in [-0.2, 0) is 16.1 Å². The first kappa shape index (κ1) is 25.3. The topological polar surface area (TPSA) is 49.4 Å². The standard InChI is InChI=1S/C25H33ClN2O2S/c1-18(2)16-27-25(30)20(4)28(17-21-9-7-19(3)8-10-21)24(29)6-5-15-31-23-13-11-22(26)12-14-23/h7-14,18,20H,5-6,15-17H2,1-4H3,(H,27,30). The molecule has 0 bridgehead atoms. The molecular weight excluding hydrogens is 428 g/mol. The van der Waals surface area contributed by atoms with Gasteiger partial charge in [-0.05, 0) is 61.8 Å². The zero-order chi connectivity index (χ0) is 22.8. The van der Waals surface area contributed by atoms with E-state index in [1.807, 2.05) is 62.4 Å². The Balaban J connectivity index is 1.97. The molecule has 0 radical (unpaired) electrons. The van der Waals surface area contributed by atoms with Crippen molar-refractivity contribution in [1.29, 1.82) is 0 Å². The Morgan fingerprint density at radius 3 is 2.29 bits per heavy atom. The van der Waals surface area contributed by atoms with E-state index in [9.17, 15) is 9.59 Å². The van der Waals surface area contributed by atoms with Crippen molar-refractivity contribution in [2.24, 2.45) is 5.92 Å². The van der Waals surface area contributed by atoms with E-state index < -0.39 is 6.04 Å². The molecule has 0 fully saturated rings. The van der Waals surface area contributed by atoms with E-state index >= 15 is 0 Å². The number of benzene rings is 2. The molecule has 2 amide bonds.